The largest absolute Gasteiger partial charge is 0.495 e. The Bertz CT molecular complexity index is 944. The number of hydrogen-bond donors (Lipinski definition) is 2. The fourth-order valence-corrected chi connectivity index (χ4v) is 3.51. The molecule has 0 unspecified atom stereocenters. The van der Waals surface area contributed by atoms with Gasteiger partial charge in [-0.05, 0) is 19.1 Å². The summed E-state index contributed by atoms with van der Waals surface area (Å²) in [6.07, 6.45) is 0. The number of carbonyl (C=O) groups excluding carboxylic acids is 1. The van der Waals surface area contributed by atoms with E-state index in [0.29, 0.717) is 24.7 Å². The third-order valence-electron chi connectivity index (χ3n) is 5.10. The molecule has 6 heteroatoms. The van der Waals surface area contributed by atoms with E-state index in [1.165, 1.54) is 4.90 Å². The highest BCUT2D eigenvalue weighted by Gasteiger charge is 2.27. The van der Waals surface area contributed by atoms with Crippen molar-refractivity contribution in [1.29, 1.82) is 0 Å². The van der Waals surface area contributed by atoms with Crippen LogP contribution in [0.25, 0.3) is 21.9 Å². The molecule has 1 fully saturated rings. The van der Waals surface area contributed by atoms with Crippen molar-refractivity contribution < 1.29 is 23.6 Å². The Morgan fingerprint density at radius 3 is 2.69 bits per heavy atom. The maximum atomic E-state index is 12.7. The number of hydrogen-bond acceptors (Lipinski definition) is 4. The number of para-hydroxylation sites is 1. The van der Waals surface area contributed by atoms with Crippen LogP contribution in [0.5, 0.6) is 5.75 Å². The molecule has 0 radical (unpaired) electrons. The van der Waals surface area contributed by atoms with Gasteiger partial charge in [0, 0.05) is 16.8 Å². The van der Waals surface area contributed by atoms with Gasteiger partial charge in [0.05, 0.1) is 26.0 Å². The summed E-state index contributed by atoms with van der Waals surface area (Å²) in [4.78, 5) is 14.0. The second-order valence-corrected chi connectivity index (χ2v) is 6.63. The Kier molecular flexibility index (Phi) is 4.53. The fourth-order valence-electron chi connectivity index (χ4n) is 3.51. The van der Waals surface area contributed by atoms with Crippen molar-refractivity contribution in [2.24, 2.45) is 0 Å². The van der Waals surface area contributed by atoms with E-state index in [1.54, 1.807) is 7.11 Å². The molecule has 0 bridgehead atoms. The van der Waals surface area contributed by atoms with Gasteiger partial charge in [-0.3, -0.25) is 4.79 Å². The van der Waals surface area contributed by atoms with Gasteiger partial charge in [0.25, 0.3) is 5.91 Å². The van der Waals surface area contributed by atoms with Crippen LogP contribution in [0.2, 0.25) is 0 Å². The number of carbonyl (C=O) groups is 1. The minimum absolute atomic E-state index is 0.0318. The van der Waals surface area contributed by atoms with Crippen molar-refractivity contribution in [1.82, 2.24) is 0 Å². The van der Waals surface area contributed by atoms with Crippen LogP contribution < -0.4 is 15.0 Å². The van der Waals surface area contributed by atoms with Crippen LogP contribution >= 0.6 is 0 Å². The maximum absolute atomic E-state index is 12.7. The standard InChI is InChI=1S/C20H22N2O4/c1-13(22-7-9-25-10-8-22)20(23)21-16-12-18-15(11-19(16)24-2)14-5-3-4-6-17(14)26-18/h3-6,11-13H,7-10H2,1-2H3,(H,21,23)/p+1/t13-/m1/s1. The van der Waals surface area contributed by atoms with Crippen LogP contribution in [0, 0.1) is 0 Å². The molecule has 1 aliphatic rings. The molecular weight excluding hydrogens is 332 g/mol. The maximum Gasteiger partial charge on any atom is 0.282 e. The van der Waals surface area contributed by atoms with Crippen LogP contribution in [-0.2, 0) is 9.53 Å². The number of nitrogens with one attached hydrogen (secondary N) is 2. The molecule has 3 aromatic rings. The summed E-state index contributed by atoms with van der Waals surface area (Å²) >= 11 is 0. The molecular formula is C20H23N2O4+. The molecule has 2 N–H and O–H groups in total. The summed E-state index contributed by atoms with van der Waals surface area (Å²) in [5.74, 6) is 0.595. The molecule has 1 saturated heterocycles. The lowest BCUT2D eigenvalue weighted by Gasteiger charge is -2.28. The van der Waals surface area contributed by atoms with E-state index >= 15 is 0 Å². The molecule has 1 aromatic heterocycles. The van der Waals surface area contributed by atoms with Crippen molar-refractivity contribution in [2.75, 3.05) is 38.7 Å². The quantitative estimate of drug-likeness (QED) is 0.750. The highest BCUT2D eigenvalue weighted by atomic mass is 16.5. The molecule has 4 rings (SSSR count). The van der Waals surface area contributed by atoms with Crippen molar-refractivity contribution in [2.45, 2.75) is 13.0 Å². The highest BCUT2D eigenvalue weighted by molar-refractivity contribution is 6.08. The Morgan fingerprint density at radius 1 is 1.15 bits per heavy atom. The van der Waals surface area contributed by atoms with E-state index in [0.717, 1.165) is 35.0 Å². The summed E-state index contributed by atoms with van der Waals surface area (Å²) in [5.41, 5.74) is 2.18. The van der Waals surface area contributed by atoms with Crippen LogP contribution in [0.1, 0.15) is 6.92 Å². The van der Waals surface area contributed by atoms with Crippen LogP contribution in [0.4, 0.5) is 5.69 Å². The minimum Gasteiger partial charge on any atom is -0.495 e. The van der Waals surface area contributed by atoms with Crippen LogP contribution in [-0.4, -0.2) is 45.4 Å². The molecule has 2 heterocycles. The molecule has 6 nitrogen and oxygen atoms in total. The highest BCUT2D eigenvalue weighted by Crippen LogP contribution is 2.36. The van der Waals surface area contributed by atoms with E-state index in [2.05, 4.69) is 5.32 Å². The van der Waals surface area contributed by atoms with Gasteiger partial charge in [-0.25, -0.2) is 0 Å². The number of rotatable bonds is 4. The van der Waals surface area contributed by atoms with Crippen LogP contribution in [0.3, 0.4) is 0 Å². The first kappa shape index (κ1) is 16.9. The zero-order valence-electron chi connectivity index (χ0n) is 15.0. The Balaban J connectivity index is 1.64. The van der Waals surface area contributed by atoms with Gasteiger partial charge < -0.3 is 24.1 Å². The number of benzene rings is 2. The average Bonchev–Trinajstić information content (AvgIpc) is 3.04. The Morgan fingerprint density at radius 2 is 1.92 bits per heavy atom. The lowest BCUT2D eigenvalue weighted by atomic mass is 10.1. The zero-order valence-corrected chi connectivity index (χ0v) is 15.0. The topological polar surface area (TPSA) is 65.1 Å². The van der Waals surface area contributed by atoms with Crippen molar-refractivity contribution in [3.63, 3.8) is 0 Å². The minimum atomic E-state index is -0.157. The van der Waals surface area contributed by atoms with E-state index in [-0.39, 0.29) is 11.9 Å². The van der Waals surface area contributed by atoms with Gasteiger partial charge in [-0.2, -0.15) is 0 Å². The van der Waals surface area contributed by atoms with Gasteiger partial charge in [-0.1, -0.05) is 18.2 Å². The Labute approximate surface area is 151 Å². The number of morpholine rings is 1. The van der Waals surface area contributed by atoms with Crippen molar-refractivity contribution in [3.05, 3.63) is 36.4 Å². The van der Waals surface area contributed by atoms with E-state index in [9.17, 15) is 4.79 Å². The molecule has 0 aliphatic carbocycles. The molecule has 1 amide bonds. The molecule has 1 aliphatic heterocycles. The zero-order chi connectivity index (χ0) is 18.1. The molecule has 0 spiro atoms. The fraction of sp³-hybridized carbons (Fsp3) is 0.350. The number of anilines is 1. The average molecular weight is 355 g/mol. The summed E-state index contributed by atoms with van der Waals surface area (Å²) < 4.78 is 16.8. The first-order chi connectivity index (χ1) is 12.7. The predicted molar refractivity (Wildman–Crippen MR) is 99.9 cm³/mol. The lowest BCUT2D eigenvalue weighted by Crippen LogP contribution is -3.18. The smallest absolute Gasteiger partial charge is 0.282 e. The number of fused-ring (bicyclic) bond motifs is 3. The second kappa shape index (κ2) is 6.97. The van der Waals surface area contributed by atoms with E-state index in [4.69, 9.17) is 13.9 Å². The van der Waals surface area contributed by atoms with Crippen molar-refractivity contribution >= 4 is 33.5 Å². The lowest BCUT2D eigenvalue weighted by molar-refractivity contribution is -0.921. The molecule has 136 valence electrons. The monoisotopic (exact) mass is 355 g/mol. The number of ether oxygens (including phenoxy) is 2. The van der Waals surface area contributed by atoms with Gasteiger partial charge in [-0.15, -0.1) is 0 Å². The van der Waals surface area contributed by atoms with Gasteiger partial charge in [0.1, 0.15) is 30.0 Å². The number of methoxy groups -OCH3 is 1. The molecule has 2 aromatic carbocycles. The van der Waals surface area contributed by atoms with Gasteiger partial charge >= 0.3 is 0 Å². The number of quaternary nitrogens is 1. The van der Waals surface area contributed by atoms with E-state index in [1.807, 2.05) is 43.3 Å². The third kappa shape index (κ3) is 3.02. The molecule has 0 saturated carbocycles. The number of amides is 1. The normalized spacial score (nSPS) is 16.7. The third-order valence-corrected chi connectivity index (χ3v) is 5.10. The first-order valence-corrected chi connectivity index (χ1v) is 8.90. The number of furan rings is 1. The second-order valence-electron chi connectivity index (χ2n) is 6.63. The van der Waals surface area contributed by atoms with Gasteiger partial charge in [0.15, 0.2) is 6.04 Å². The first-order valence-electron chi connectivity index (χ1n) is 8.90. The molecule has 1 atom stereocenters. The van der Waals surface area contributed by atoms with E-state index < -0.39 is 0 Å². The summed E-state index contributed by atoms with van der Waals surface area (Å²) in [7, 11) is 1.61. The van der Waals surface area contributed by atoms with Crippen LogP contribution in [0.15, 0.2) is 40.8 Å². The van der Waals surface area contributed by atoms with Crippen molar-refractivity contribution in [3.8, 4) is 5.75 Å². The summed E-state index contributed by atoms with van der Waals surface area (Å²) in [5, 5.41) is 5.02. The Hall–Kier alpha value is -2.57. The SMILES string of the molecule is COc1cc2c(cc1NC(=O)[C@@H](C)[NH+]1CCOCC1)oc1ccccc12. The van der Waals surface area contributed by atoms with Gasteiger partial charge in [0.2, 0.25) is 0 Å². The predicted octanol–water partition coefficient (Wildman–Crippen LogP) is 1.84. The summed E-state index contributed by atoms with van der Waals surface area (Å²) in [6.45, 7) is 5.02. The summed E-state index contributed by atoms with van der Waals surface area (Å²) in [6, 6.07) is 11.5. The molecule has 26 heavy (non-hydrogen) atoms.